The van der Waals surface area contributed by atoms with Crippen LogP contribution in [-0.2, 0) is 6.54 Å². The Morgan fingerprint density at radius 2 is 2.08 bits per heavy atom. The molecule has 0 fully saturated rings. The minimum absolute atomic E-state index is 0.279. The SMILES string of the molecule is Cc1ccc(Cl)cc1Nc1nccc(C(=O)NCc2cccnc2)n1. The maximum absolute atomic E-state index is 12.3. The van der Waals surface area contributed by atoms with Gasteiger partial charge in [0.15, 0.2) is 0 Å². The number of rotatable bonds is 5. The van der Waals surface area contributed by atoms with Gasteiger partial charge in [-0.2, -0.15) is 0 Å². The van der Waals surface area contributed by atoms with Gasteiger partial charge in [0, 0.05) is 35.8 Å². The zero-order chi connectivity index (χ0) is 17.6. The summed E-state index contributed by atoms with van der Waals surface area (Å²) in [7, 11) is 0. The Labute approximate surface area is 150 Å². The fraction of sp³-hybridized carbons (Fsp3) is 0.111. The highest BCUT2D eigenvalue weighted by Crippen LogP contribution is 2.22. The number of halogens is 1. The third kappa shape index (κ3) is 4.51. The van der Waals surface area contributed by atoms with Crippen molar-refractivity contribution in [1.82, 2.24) is 20.3 Å². The second kappa shape index (κ2) is 7.72. The summed E-state index contributed by atoms with van der Waals surface area (Å²) in [5, 5.41) is 6.50. The highest BCUT2D eigenvalue weighted by molar-refractivity contribution is 6.30. The standard InChI is InChI=1S/C18H16ClN5O/c1-12-4-5-14(19)9-16(12)24-18-21-8-6-15(23-18)17(25)22-11-13-3-2-7-20-10-13/h2-10H,11H2,1H3,(H,22,25)(H,21,23,24). The van der Waals surface area contributed by atoms with Crippen LogP contribution in [0.4, 0.5) is 11.6 Å². The molecule has 3 rings (SSSR count). The van der Waals surface area contributed by atoms with Crippen LogP contribution in [0.5, 0.6) is 0 Å². The molecule has 25 heavy (non-hydrogen) atoms. The molecule has 0 radical (unpaired) electrons. The highest BCUT2D eigenvalue weighted by Gasteiger charge is 2.09. The summed E-state index contributed by atoms with van der Waals surface area (Å²) in [6.07, 6.45) is 4.93. The first kappa shape index (κ1) is 16.9. The molecule has 126 valence electrons. The summed E-state index contributed by atoms with van der Waals surface area (Å²) in [5.41, 5.74) is 2.98. The topological polar surface area (TPSA) is 79.8 Å². The Kier molecular flexibility index (Phi) is 5.20. The third-order valence-electron chi connectivity index (χ3n) is 3.51. The Hall–Kier alpha value is -2.99. The summed E-state index contributed by atoms with van der Waals surface area (Å²) in [6.45, 7) is 2.33. The van der Waals surface area contributed by atoms with Gasteiger partial charge >= 0.3 is 0 Å². The van der Waals surface area contributed by atoms with Gasteiger partial charge in [-0.05, 0) is 42.3 Å². The first-order valence-electron chi connectivity index (χ1n) is 7.65. The molecule has 2 aromatic heterocycles. The van der Waals surface area contributed by atoms with E-state index in [2.05, 4.69) is 25.6 Å². The average molecular weight is 354 g/mol. The van der Waals surface area contributed by atoms with Crippen LogP contribution in [0.25, 0.3) is 0 Å². The summed E-state index contributed by atoms with van der Waals surface area (Å²) >= 11 is 6.01. The number of nitrogens with zero attached hydrogens (tertiary/aromatic N) is 3. The molecule has 3 aromatic rings. The number of amides is 1. The second-order valence-electron chi connectivity index (χ2n) is 5.39. The van der Waals surface area contributed by atoms with Gasteiger partial charge in [-0.25, -0.2) is 9.97 Å². The number of aryl methyl sites for hydroxylation is 1. The molecule has 0 aliphatic heterocycles. The summed E-state index contributed by atoms with van der Waals surface area (Å²) < 4.78 is 0. The normalized spacial score (nSPS) is 10.3. The summed E-state index contributed by atoms with van der Waals surface area (Å²) in [4.78, 5) is 24.7. The first-order valence-corrected chi connectivity index (χ1v) is 8.03. The van der Waals surface area contributed by atoms with E-state index in [1.54, 1.807) is 24.5 Å². The lowest BCUT2D eigenvalue weighted by molar-refractivity contribution is 0.0946. The Morgan fingerprint density at radius 3 is 2.88 bits per heavy atom. The van der Waals surface area contributed by atoms with Crippen molar-refractivity contribution in [3.63, 3.8) is 0 Å². The van der Waals surface area contributed by atoms with Crippen molar-refractivity contribution >= 4 is 29.1 Å². The van der Waals surface area contributed by atoms with E-state index in [9.17, 15) is 4.79 Å². The van der Waals surface area contributed by atoms with E-state index >= 15 is 0 Å². The average Bonchev–Trinajstić information content (AvgIpc) is 2.64. The van der Waals surface area contributed by atoms with E-state index in [0.717, 1.165) is 16.8 Å². The van der Waals surface area contributed by atoms with Crippen LogP contribution >= 0.6 is 11.6 Å². The number of hydrogen-bond acceptors (Lipinski definition) is 5. The maximum Gasteiger partial charge on any atom is 0.270 e. The van der Waals surface area contributed by atoms with Gasteiger partial charge < -0.3 is 10.6 Å². The number of carbonyl (C=O) groups is 1. The number of pyridine rings is 1. The van der Waals surface area contributed by atoms with Gasteiger partial charge in [0.2, 0.25) is 5.95 Å². The quantitative estimate of drug-likeness (QED) is 0.733. The fourth-order valence-corrected chi connectivity index (χ4v) is 2.34. The van der Waals surface area contributed by atoms with Crippen LogP contribution in [0.1, 0.15) is 21.6 Å². The Balaban J connectivity index is 1.70. The van der Waals surface area contributed by atoms with Crippen molar-refractivity contribution in [1.29, 1.82) is 0 Å². The van der Waals surface area contributed by atoms with Gasteiger partial charge in [0.25, 0.3) is 5.91 Å². The van der Waals surface area contributed by atoms with E-state index in [0.29, 0.717) is 17.5 Å². The first-order chi connectivity index (χ1) is 12.1. The molecule has 1 aromatic carbocycles. The molecule has 6 nitrogen and oxygen atoms in total. The lowest BCUT2D eigenvalue weighted by Crippen LogP contribution is -2.24. The molecule has 0 aliphatic rings. The van der Waals surface area contributed by atoms with Gasteiger partial charge in [-0.1, -0.05) is 23.7 Å². The van der Waals surface area contributed by atoms with E-state index in [1.165, 1.54) is 6.20 Å². The Morgan fingerprint density at radius 1 is 1.20 bits per heavy atom. The van der Waals surface area contributed by atoms with Crippen molar-refractivity contribution < 1.29 is 4.79 Å². The molecule has 0 aliphatic carbocycles. The number of carbonyl (C=O) groups excluding carboxylic acids is 1. The van der Waals surface area contributed by atoms with Crippen molar-refractivity contribution in [2.45, 2.75) is 13.5 Å². The van der Waals surface area contributed by atoms with Crippen LogP contribution in [-0.4, -0.2) is 20.9 Å². The van der Waals surface area contributed by atoms with E-state index in [1.807, 2.05) is 31.2 Å². The van der Waals surface area contributed by atoms with Gasteiger partial charge in [-0.15, -0.1) is 0 Å². The Bertz CT molecular complexity index is 886. The van der Waals surface area contributed by atoms with Gasteiger partial charge in [-0.3, -0.25) is 9.78 Å². The summed E-state index contributed by atoms with van der Waals surface area (Å²) in [5.74, 6) is 0.0523. The zero-order valence-corrected chi connectivity index (χ0v) is 14.3. The van der Waals surface area contributed by atoms with Crippen molar-refractivity contribution in [3.05, 3.63) is 76.8 Å². The number of anilines is 2. The molecule has 0 saturated heterocycles. The molecule has 0 saturated carbocycles. The fourth-order valence-electron chi connectivity index (χ4n) is 2.17. The van der Waals surface area contributed by atoms with Crippen LogP contribution in [0.3, 0.4) is 0 Å². The van der Waals surface area contributed by atoms with E-state index in [4.69, 9.17) is 11.6 Å². The number of benzene rings is 1. The van der Waals surface area contributed by atoms with E-state index < -0.39 is 0 Å². The lowest BCUT2D eigenvalue weighted by atomic mass is 10.2. The van der Waals surface area contributed by atoms with Crippen LogP contribution in [0.2, 0.25) is 5.02 Å². The van der Waals surface area contributed by atoms with Crippen LogP contribution in [0.15, 0.2) is 55.0 Å². The molecular formula is C18H16ClN5O. The molecule has 0 atom stereocenters. The number of aromatic nitrogens is 3. The predicted molar refractivity (Wildman–Crippen MR) is 96.9 cm³/mol. The molecule has 1 amide bonds. The van der Waals surface area contributed by atoms with E-state index in [-0.39, 0.29) is 11.6 Å². The van der Waals surface area contributed by atoms with Gasteiger partial charge in [0.1, 0.15) is 5.69 Å². The maximum atomic E-state index is 12.3. The molecule has 2 heterocycles. The lowest BCUT2D eigenvalue weighted by Gasteiger charge is -2.09. The van der Waals surface area contributed by atoms with Crippen molar-refractivity contribution in [2.75, 3.05) is 5.32 Å². The van der Waals surface area contributed by atoms with Gasteiger partial charge in [0.05, 0.1) is 0 Å². The molecule has 0 spiro atoms. The highest BCUT2D eigenvalue weighted by atomic mass is 35.5. The van der Waals surface area contributed by atoms with Crippen molar-refractivity contribution in [2.24, 2.45) is 0 Å². The molecule has 0 bridgehead atoms. The largest absolute Gasteiger partial charge is 0.347 e. The summed E-state index contributed by atoms with van der Waals surface area (Å²) in [6, 6.07) is 10.8. The predicted octanol–water partition coefficient (Wildman–Crippen LogP) is 3.51. The number of nitrogens with one attached hydrogen (secondary N) is 2. The molecule has 7 heteroatoms. The second-order valence-corrected chi connectivity index (χ2v) is 5.83. The molecule has 0 unspecified atom stereocenters. The number of hydrogen-bond donors (Lipinski definition) is 2. The van der Waals surface area contributed by atoms with Crippen LogP contribution < -0.4 is 10.6 Å². The van der Waals surface area contributed by atoms with Crippen LogP contribution in [0, 0.1) is 6.92 Å². The smallest absolute Gasteiger partial charge is 0.270 e. The van der Waals surface area contributed by atoms with Crippen molar-refractivity contribution in [3.8, 4) is 0 Å². The molecular weight excluding hydrogens is 338 g/mol. The minimum Gasteiger partial charge on any atom is -0.347 e. The minimum atomic E-state index is -0.280. The molecule has 2 N–H and O–H groups in total. The monoisotopic (exact) mass is 353 g/mol. The third-order valence-corrected chi connectivity index (χ3v) is 3.75. The zero-order valence-electron chi connectivity index (χ0n) is 13.5.